The highest BCUT2D eigenvalue weighted by Crippen LogP contribution is 2.27. The molecule has 1 fully saturated rings. The van der Waals surface area contributed by atoms with Gasteiger partial charge in [-0.05, 0) is 25.3 Å². The molecule has 0 aliphatic heterocycles. The molecule has 0 saturated heterocycles. The summed E-state index contributed by atoms with van der Waals surface area (Å²) in [5.41, 5.74) is 0.736. The number of carbonyl (C=O) groups is 1. The molecule has 1 aliphatic carbocycles. The summed E-state index contributed by atoms with van der Waals surface area (Å²) in [5.74, 6) is -0.159. The van der Waals surface area contributed by atoms with Gasteiger partial charge in [-0.15, -0.1) is 0 Å². The third kappa shape index (κ3) is 3.35. The van der Waals surface area contributed by atoms with Gasteiger partial charge < -0.3 is 10.4 Å². The molecule has 2 N–H and O–H groups in total. The minimum atomic E-state index is -0.722. The number of rotatable bonds is 4. The standard InChI is InChI=1S/C14H23N3O2/c1-3-11-9-12(17(2)16-11)13(18)15-10-14(19)7-5-4-6-8-14/h9,19H,3-8,10H2,1-2H3,(H,15,18). The van der Waals surface area contributed by atoms with Gasteiger partial charge in [-0.25, -0.2) is 0 Å². The first-order valence-corrected chi connectivity index (χ1v) is 7.07. The van der Waals surface area contributed by atoms with Crippen LogP contribution in [0.25, 0.3) is 0 Å². The molecule has 1 saturated carbocycles. The molecule has 5 heteroatoms. The topological polar surface area (TPSA) is 67.2 Å². The van der Waals surface area contributed by atoms with Gasteiger partial charge in [0.2, 0.25) is 0 Å². The first-order chi connectivity index (χ1) is 9.04. The summed E-state index contributed by atoms with van der Waals surface area (Å²) in [6.45, 7) is 2.34. The summed E-state index contributed by atoms with van der Waals surface area (Å²) >= 11 is 0. The predicted molar refractivity (Wildman–Crippen MR) is 73.0 cm³/mol. The molecule has 1 aromatic rings. The van der Waals surface area contributed by atoms with Gasteiger partial charge in [0.1, 0.15) is 5.69 Å². The Morgan fingerprint density at radius 2 is 2.16 bits per heavy atom. The van der Waals surface area contributed by atoms with Gasteiger partial charge in [-0.1, -0.05) is 26.2 Å². The summed E-state index contributed by atoms with van der Waals surface area (Å²) in [7, 11) is 1.77. The number of amides is 1. The Balaban J connectivity index is 1.95. The lowest BCUT2D eigenvalue weighted by Crippen LogP contribution is -2.44. The molecular formula is C14H23N3O2. The van der Waals surface area contributed by atoms with Gasteiger partial charge in [0, 0.05) is 13.6 Å². The van der Waals surface area contributed by atoms with Crippen LogP contribution in [0.1, 0.15) is 55.2 Å². The molecular weight excluding hydrogens is 242 g/mol. The van der Waals surface area contributed by atoms with E-state index in [2.05, 4.69) is 10.4 Å². The molecule has 0 radical (unpaired) electrons. The van der Waals surface area contributed by atoms with Crippen molar-refractivity contribution in [1.29, 1.82) is 0 Å². The Morgan fingerprint density at radius 3 is 2.74 bits per heavy atom. The number of hydrogen-bond donors (Lipinski definition) is 2. The van der Waals surface area contributed by atoms with E-state index >= 15 is 0 Å². The van der Waals surface area contributed by atoms with E-state index < -0.39 is 5.60 Å². The zero-order chi connectivity index (χ0) is 13.9. The van der Waals surface area contributed by atoms with Gasteiger partial charge >= 0.3 is 0 Å². The summed E-state index contributed by atoms with van der Waals surface area (Å²) < 4.78 is 1.60. The number of aromatic nitrogens is 2. The summed E-state index contributed by atoms with van der Waals surface area (Å²) in [4.78, 5) is 12.1. The van der Waals surface area contributed by atoms with Crippen molar-refractivity contribution >= 4 is 5.91 Å². The third-order valence-corrected chi connectivity index (χ3v) is 3.89. The molecule has 0 atom stereocenters. The molecule has 0 aromatic carbocycles. The minimum absolute atomic E-state index is 0.159. The fourth-order valence-corrected chi connectivity index (χ4v) is 2.63. The van der Waals surface area contributed by atoms with Crippen molar-refractivity contribution in [2.24, 2.45) is 7.05 Å². The van der Waals surface area contributed by atoms with Crippen molar-refractivity contribution in [1.82, 2.24) is 15.1 Å². The van der Waals surface area contributed by atoms with E-state index in [4.69, 9.17) is 0 Å². The van der Waals surface area contributed by atoms with Crippen LogP contribution in [0.4, 0.5) is 0 Å². The van der Waals surface area contributed by atoms with Gasteiger partial charge in [-0.2, -0.15) is 5.10 Å². The smallest absolute Gasteiger partial charge is 0.269 e. The van der Waals surface area contributed by atoms with Crippen LogP contribution in [0.3, 0.4) is 0 Å². The molecule has 1 aliphatic rings. The second kappa shape index (κ2) is 5.74. The van der Waals surface area contributed by atoms with Gasteiger partial charge in [0.15, 0.2) is 0 Å². The Kier molecular flexibility index (Phi) is 4.24. The average Bonchev–Trinajstić information content (AvgIpc) is 2.78. The van der Waals surface area contributed by atoms with E-state index in [9.17, 15) is 9.90 Å². The molecule has 19 heavy (non-hydrogen) atoms. The average molecular weight is 265 g/mol. The highest BCUT2D eigenvalue weighted by Gasteiger charge is 2.29. The highest BCUT2D eigenvalue weighted by molar-refractivity contribution is 5.92. The minimum Gasteiger partial charge on any atom is -0.388 e. The summed E-state index contributed by atoms with van der Waals surface area (Å²) in [6, 6.07) is 1.81. The van der Waals surface area contributed by atoms with E-state index in [0.29, 0.717) is 12.2 Å². The lowest BCUT2D eigenvalue weighted by molar-refractivity contribution is 0.00517. The first kappa shape index (κ1) is 14.1. The lowest BCUT2D eigenvalue weighted by atomic mass is 9.85. The highest BCUT2D eigenvalue weighted by atomic mass is 16.3. The van der Waals surface area contributed by atoms with Crippen molar-refractivity contribution in [2.45, 2.75) is 51.0 Å². The molecule has 2 rings (SSSR count). The van der Waals surface area contributed by atoms with Crippen LogP contribution in [0.15, 0.2) is 6.07 Å². The van der Waals surface area contributed by atoms with E-state index in [0.717, 1.165) is 37.8 Å². The van der Waals surface area contributed by atoms with Crippen LogP contribution in [0.2, 0.25) is 0 Å². The molecule has 106 valence electrons. The molecule has 1 aromatic heterocycles. The maximum atomic E-state index is 12.1. The summed E-state index contributed by atoms with van der Waals surface area (Å²) in [5, 5.41) is 17.4. The van der Waals surface area contributed by atoms with Crippen molar-refractivity contribution in [3.8, 4) is 0 Å². The maximum Gasteiger partial charge on any atom is 0.269 e. The molecule has 5 nitrogen and oxygen atoms in total. The van der Waals surface area contributed by atoms with Gasteiger partial charge in [0.25, 0.3) is 5.91 Å². The Bertz CT molecular complexity index is 448. The fraction of sp³-hybridized carbons (Fsp3) is 0.714. The van der Waals surface area contributed by atoms with E-state index in [-0.39, 0.29) is 5.91 Å². The van der Waals surface area contributed by atoms with Crippen molar-refractivity contribution in [3.05, 3.63) is 17.5 Å². The molecule has 0 spiro atoms. The number of hydrogen-bond acceptors (Lipinski definition) is 3. The zero-order valence-corrected chi connectivity index (χ0v) is 11.8. The van der Waals surface area contributed by atoms with Crippen molar-refractivity contribution in [2.75, 3.05) is 6.54 Å². The van der Waals surface area contributed by atoms with Crippen LogP contribution < -0.4 is 5.32 Å². The molecule has 0 bridgehead atoms. The van der Waals surface area contributed by atoms with Crippen LogP contribution in [0, 0.1) is 0 Å². The Morgan fingerprint density at radius 1 is 1.47 bits per heavy atom. The Hall–Kier alpha value is -1.36. The quantitative estimate of drug-likeness (QED) is 0.865. The number of carbonyl (C=O) groups excluding carboxylic acids is 1. The van der Waals surface area contributed by atoms with Gasteiger partial charge in [-0.3, -0.25) is 9.48 Å². The van der Waals surface area contributed by atoms with Gasteiger partial charge in [0.05, 0.1) is 11.3 Å². The zero-order valence-electron chi connectivity index (χ0n) is 11.8. The fourth-order valence-electron chi connectivity index (χ4n) is 2.63. The predicted octanol–water partition coefficient (Wildman–Crippen LogP) is 1.41. The van der Waals surface area contributed by atoms with E-state index in [1.54, 1.807) is 17.8 Å². The number of aryl methyl sites for hydroxylation is 2. The lowest BCUT2D eigenvalue weighted by Gasteiger charge is -2.32. The SMILES string of the molecule is CCc1cc(C(=O)NCC2(O)CCCCC2)n(C)n1. The summed E-state index contributed by atoms with van der Waals surface area (Å²) in [6.07, 6.45) is 5.62. The van der Waals surface area contributed by atoms with Crippen LogP contribution >= 0.6 is 0 Å². The van der Waals surface area contributed by atoms with E-state index in [1.165, 1.54) is 6.42 Å². The third-order valence-electron chi connectivity index (χ3n) is 3.89. The van der Waals surface area contributed by atoms with E-state index in [1.807, 2.05) is 6.92 Å². The van der Waals surface area contributed by atoms with Crippen LogP contribution in [0.5, 0.6) is 0 Å². The molecule has 1 heterocycles. The second-order valence-electron chi connectivity index (χ2n) is 5.47. The Labute approximate surface area is 114 Å². The van der Waals surface area contributed by atoms with Crippen molar-refractivity contribution < 1.29 is 9.90 Å². The number of nitrogens with zero attached hydrogens (tertiary/aromatic N) is 2. The van der Waals surface area contributed by atoms with Crippen LogP contribution in [-0.4, -0.2) is 32.9 Å². The van der Waals surface area contributed by atoms with Crippen LogP contribution in [-0.2, 0) is 13.5 Å². The normalized spacial score (nSPS) is 18.3. The van der Waals surface area contributed by atoms with Crippen molar-refractivity contribution in [3.63, 3.8) is 0 Å². The monoisotopic (exact) mass is 265 g/mol. The number of aliphatic hydroxyl groups is 1. The molecule has 1 amide bonds. The second-order valence-corrected chi connectivity index (χ2v) is 5.47. The number of nitrogens with one attached hydrogen (secondary N) is 1. The largest absolute Gasteiger partial charge is 0.388 e. The maximum absolute atomic E-state index is 12.1. The molecule has 0 unspecified atom stereocenters. The first-order valence-electron chi connectivity index (χ1n) is 7.07.